The minimum Gasteiger partial charge on any atom is -0.489 e. The average Bonchev–Trinajstić information content (AvgIpc) is 2.72. The lowest BCUT2D eigenvalue weighted by molar-refractivity contribution is -0.138. The second-order valence-corrected chi connectivity index (χ2v) is 6.45. The number of carbonyl (C=O) groups excluding carboxylic acids is 1. The lowest BCUT2D eigenvalue weighted by Crippen LogP contribution is -2.45. The highest BCUT2D eigenvalue weighted by Gasteiger charge is 2.34. The van der Waals surface area contributed by atoms with Crippen molar-refractivity contribution in [2.75, 3.05) is 13.2 Å². The van der Waals surface area contributed by atoms with E-state index < -0.39 is 12.0 Å². The van der Waals surface area contributed by atoms with Crippen LogP contribution in [0.3, 0.4) is 0 Å². The Kier molecular flexibility index (Phi) is 6.45. The Bertz CT molecular complexity index is 909. The van der Waals surface area contributed by atoms with Gasteiger partial charge in [0.2, 0.25) is 0 Å². The summed E-state index contributed by atoms with van der Waals surface area (Å²) in [6.07, 6.45) is 1.68. The summed E-state index contributed by atoms with van der Waals surface area (Å²) in [4.78, 5) is 12.9. The number of thiocarbonyl (C=S) groups is 1. The van der Waals surface area contributed by atoms with Gasteiger partial charge in [0, 0.05) is 5.56 Å². The van der Waals surface area contributed by atoms with Gasteiger partial charge in [-0.15, -0.1) is 0 Å². The Balaban J connectivity index is 2.17. The molecule has 0 saturated carbocycles. The van der Waals surface area contributed by atoms with E-state index >= 15 is 0 Å². The van der Waals surface area contributed by atoms with Crippen LogP contribution in [0.4, 0.5) is 0 Å². The van der Waals surface area contributed by atoms with Gasteiger partial charge >= 0.3 is 5.97 Å². The summed E-state index contributed by atoms with van der Waals surface area (Å²) >= 11 is 5.43. The van der Waals surface area contributed by atoms with Crippen molar-refractivity contribution in [2.24, 2.45) is 0 Å². The molecule has 0 spiro atoms. The third-order valence-electron chi connectivity index (χ3n) is 4.22. The molecule has 0 bridgehead atoms. The summed E-state index contributed by atoms with van der Waals surface area (Å²) in [6, 6.07) is 16.6. The van der Waals surface area contributed by atoms with Gasteiger partial charge in [-0.3, -0.25) is 0 Å². The van der Waals surface area contributed by atoms with Crippen molar-refractivity contribution in [1.29, 1.82) is 0 Å². The summed E-state index contributed by atoms with van der Waals surface area (Å²) in [5.41, 5.74) is 2.73. The summed E-state index contributed by atoms with van der Waals surface area (Å²) in [5, 5.41) is 6.75. The first-order valence-electron chi connectivity index (χ1n) is 9.02. The van der Waals surface area contributed by atoms with E-state index in [1.807, 2.05) is 54.6 Å². The smallest absolute Gasteiger partial charge is 0.338 e. The topological polar surface area (TPSA) is 59.6 Å². The van der Waals surface area contributed by atoms with Gasteiger partial charge in [0.15, 0.2) is 5.11 Å². The standard InChI is InChI=1S/C22H22N2O3S/c1-3-14-27-17-13-9-8-12-16(17)20-18(21(25)26-4-2)19(23-22(28)24-20)15-10-6-5-7-11-15/h3,5-13,20H,1,4,14H2,2H3,(H2,23,24,28). The van der Waals surface area contributed by atoms with Crippen molar-refractivity contribution in [1.82, 2.24) is 10.6 Å². The van der Waals surface area contributed by atoms with Gasteiger partial charge in [-0.05, 0) is 30.8 Å². The molecule has 0 saturated heterocycles. The minimum absolute atomic E-state index is 0.274. The van der Waals surface area contributed by atoms with Gasteiger partial charge in [0.25, 0.3) is 0 Å². The largest absolute Gasteiger partial charge is 0.489 e. The molecule has 1 aliphatic rings. The number of hydrogen-bond acceptors (Lipinski definition) is 4. The maximum absolute atomic E-state index is 12.9. The van der Waals surface area contributed by atoms with E-state index in [4.69, 9.17) is 21.7 Å². The predicted octanol–water partition coefficient (Wildman–Crippen LogP) is 3.74. The molecule has 0 amide bonds. The van der Waals surface area contributed by atoms with Gasteiger partial charge in [-0.2, -0.15) is 0 Å². The molecule has 1 aliphatic heterocycles. The summed E-state index contributed by atoms with van der Waals surface area (Å²) in [7, 11) is 0. The van der Waals surface area contributed by atoms with Crippen LogP contribution in [0.5, 0.6) is 5.75 Å². The van der Waals surface area contributed by atoms with E-state index in [9.17, 15) is 4.79 Å². The molecule has 0 aromatic heterocycles. The van der Waals surface area contributed by atoms with Crippen molar-refractivity contribution in [3.8, 4) is 5.75 Å². The normalized spacial score (nSPS) is 16.0. The molecule has 1 heterocycles. The fourth-order valence-corrected chi connectivity index (χ4v) is 3.28. The predicted molar refractivity (Wildman–Crippen MR) is 114 cm³/mol. The summed E-state index contributed by atoms with van der Waals surface area (Å²) in [5.74, 6) is 0.242. The maximum atomic E-state index is 12.9. The molecule has 0 fully saturated rings. The quantitative estimate of drug-likeness (QED) is 0.424. The van der Waals surface area contributed by atoms with E-state index in [1.54, 1.807) is 13.0 Å². The Morgan fingerprint density at radius 2 is 1.89 bits per heavy atom. The van der Waals surface area contributed by atoms with Gasteiger partial charge in [-0.1, -0.05) is 61.2 Å². The number of ether oxygens (including phenoxy) is 2. The Hall–Kier alpha value is -3.12. The fourth-order valence-electron chi connectivity index (χ4n) is 3.06. The van der Waals surface area contributed by atoms with Gasteiger partial charge in [0.1, 0.15) is 12.4 Å². The number of para-hydroxylation sites is 1. The Labute approximate surface area is 170 Å². The van der Waals surface area contributed by atoms with Crippen LogP contribution < -0.4 is 15.4 Å². The first kappa shape index (κ1) is 19.6. The van der Waals surface area contributed by atoms with Crippen LogP contribution in [0.25, 0.3) is 5.70 Å². The van der Waals surface area contributed by atoms with Crippen molar-refractivity contribution < 1.29 is 14.3 Å². The third kappa shape index (κ3) is 4.23. The molecular formula is C22H22N2O3S. The highest BCUT2D eigenvalue weighted by atomic mass is 32.1. The molecule has 6 heteroatoms. The van der Waals surface area contributed by atoms with E-state index in [0.717, 1.165) is 11.1 Å². The van der Waals surface area contributed by atoms with E-state index in [1.165, 1.54) is 0 Å². The molecule has 1 unspecified atom stereocenters. The number of hydrogen-bond donors (Lipinski definition) is 2. The number of benzene rings is 2. The van der Waals surface area contributed by atoms with Crippen molar-refractivity contribution in [3.05, 3.63) is 84.0 Å². The van der Waals surface area contributed by atoms with Crippen LogP contribution in [-0.2, 0) is 9.53 Å². The lowest BCUT2D eigenvalue weighted by Gasteiger charge is -2.32. The first-order valence-corrected chi connectivity index (χ1v) is 9.43. The average molecular weight is 394 g/mol. The highest BCUT2D eigenvalue weighted by Crippen LogP contribution is 2.36. The third-order valence-corrected chi connectivity index (χ3v) is 4.44. The van der Waals surface area contributed by atoms with E-state index in [-0.39, 0.29) is 6.61 Å². The van der Waals surface area contributed by atoms with Crippen LogP contribution in [-0.4, -0.2) is 24.3 Å². The minimum atomic E-state index is -0.510. The molecule has 0 radical (unpaired) electrons. The molecule has 2 aromatic carbocycles. The monoisotopic (exact) mass is 394 g/mol. The molecule has 28 heavy (non-hydrogen) atoms. The molecule has 144 valence electrons. The fraction of sp³-hybridized carbons (Fsp3) is 0.182. The molecule has 5 nitrogen and oxygen atoms in total. The number of esters is 1. The molecule has 3 rings (SSSR count). The zero-order valence-electron chi connectivity index (χ0n) is 15.6. The molecule has 1 atom stereocenters. The zero-order valence-corrected chi connectivity index (χ0v) is 16.4. The highest BCUT2D eigenvalue weighted by molar-refractivity contribution is 7.80. The molecule has 0 aliphatic carbocycles. The Morgan fingerprint density at radius 1 is 1.18 bits per heavy atom. The van der Waals surface area contributed by atoms with Crippen LogP contribution in [0, 0.1) is 0 Å². The lowest BCUT2D eigenvalue weighted by atomic mass is 9.92. The number of nitrogens with one attached hydrogen (secondary N) is 2. The number of rotatable bonds is 7. The van der Waals surface area contributed by atoms with Crippen molar-refractivity contribution in [3.63, 3.8) is 0 Å². The van der Waals surface area contributed by atoms with Gasteiger partial charge in [0.05, 0.1) is 23.9 Å². The van der Waals surface area contributed by atoms with Crippen molar-refractivity contribution >= 4 is 29.0 Å². The first-order chi connectivity index (χ1) is 13.7. The summed E-state index contributed by atoms with van der Waals surface area (Å²) < 4.78 is 11.2. The van der Waals surface area contributed by atoms with Crippen LogP contribution in [0.15, 0.2) is 72.8 Å². The van der Waals surface area contributed by atoms with Crippen LogP contribution in [0.2, 0.25) is 0 Å². The van der Waals surface area contributed by atoms with E-state index in [2.05, 4.69) is 17.2 Å². The second kappa shape index (κ2) is 9.19. The second-order valence-electron chi connectivity index (χ2n) is 6.04. The number of carbonyl (C=O) groups is 1. The summed E-state index contributed by atoms with van der Waals surface area (Å²) in [6.45, 7) is 6.11. The van der Waals surface area contributed by atoms with Crippen molar-refractivity contribution in [2.45, 2.75) is 13.0 Å². The van der Waals surface area contributed by atoms with Crippen LogP contribution in [0.1, 0.15) is 24.1 Å². The Morgan fingerprint density at radius 3 is 2.61 bits per heavy atom. The SMILES string of the molecule is C=CCOc1ccccc1C1NC(=S)NC(c2ccccc2)=C1C(=O)OCC. The molecular weight excluding hydrogens is 372 g/mol. The van der Waals surface area contributed by atoms with E-state index in [0.29, 0.717) is 28.7 Å². The van der Waals surface area contributed by atoms with Crippen LogP contribution >= 0.6 is 12.2 Å². The van der Waals surface area contributed by atoms with Gasteiger partial charge < -0.3 is 20.1 Å². The zero-order chi connectivity index (χ0) is 19.9. The molecule has 2 N–H and O–H groups in total. The van der Waals surface area contributed by atoms with Gasteiger partial charge in [-0.25, -0.2) is 4.79 Å². The molecule has 2 aromatic rings. The maximum Gasteiger partial charge on any atom is 0.338 e.